The topological polar surface area (TPSA) is 71.1 Å². The molecule has 5 nitrogen and oxygen atoms in total. The Hall–Kier alpha value is -0.880. The Balaban J connectivity index is 2.53. The first-order chi connectivity index (χ1) is 5.74. The number of aromatic nitrogens is 2. The number of anilines is 1. The molecule has 68 valence electrons. The zero-order valence-electron chi connectivity index (χ0n) is 6.91. The molecule has 1 aromatic rings. The van der Waals surface area contributed by atoms with Crippen LogP contribution in [0, 0.1) is 4.84 Å². The van der Waals surface area contributed by atoms with Crippen LogP contribution < -0.4 is 10.6 Å². The molecule has 0 bridgehead atoms. The average molecular weight is 188 g/mol. The first-order valence-electron chi connectivity index (χ1n) is 3.70. The normalized spacial score (nSPS) is 10.2. The van der Waals surface area contributed by atoms with Crippen LogP contribution in [0.2, 0.25) is 0 Å². The molecule has 0 saturated heterocycles. The fourth-order valence-electron chi connectivity index (χ4n) is 0.819. The summed E-state index contributed by atoms with van der Waals surface area (Å²) in [6.45, 7) is 1.51. The molecule has 1 heterocycles. The second-order valence-corrected chi connectivity index (χ2v) is 2.82. The molecule has 0 aliphatic carbocycles. The molecule has 3 N–H and O–H groups in total. The Bertz CT molecular complexity index is 281. The maximum absolute atomic E-state index is 5.36. The van der Waals surface area contributed by atoms with Gasteiger partial charge in [-0.1, -0.05) is 0 Å². The number of hydrogen-bond donors (Lipinski definition) is 2. The van der Waals surface area contributed by atoms with E-state index in [0.29, 0.717) is 12.5 Å². The third-order valence-electron chi connectivity index (χ3n) is 1.49. The van der Waals surface area contributed by atoms with Gasteiger partial charge in [-0.3, -0.25) is 0 Å². The van der Waals surface area contributed by atoms with Gasteiger partial charge in [0, 0.05) is 13.6 Å². The van der Waals surface area contributed by atoms with E-state index in [1.807, 2.05) is 11.9 Å². The van der Waals surface area contributed by atoms with Crippen molar-refractivity contribution in [2.24, 2.45) is 5.73 Å². The van der Waals surface area contributed by atoms with E-state index in [0.717, 1.165) is 13.0 Å². The quantitative estimate of drug-likeness (QED) is 0.674. The third kappa shape index (κ3) is 2.31. The number of aromatic amines is 1. The summed E-state index contributed by atoms with van der Waals surface area (Å²) in [4.78, 5) is 6.08. The van der Waals surface area contributed by atoms with Gasteiger partial charge in [-0.25, -0.2) is 0 Å². The predicted octanol–water partition coefficient (Wildman–Crippen LogP) is 0.517. The Morgan fingerprint density at radius 3 is 3.00 bits per heavy atom. The monoisotopic (exact) mass is 188 g/mol. The zero-order valence-corrected chi connectivity index (χ0v) is 7.73. The minimum Gasteiger partial charge on any atom is -0.346 e. The molecule has 0 unspecified atom stereocenters. The van der Waals surface area contributed by atoms with Gasteiger partial charge < -0.3 is 15.2 Å². The van der Waals surface area contributed by atoms with E-state index in [1.54, 1.807) is 0 Å². The highest BCUT2D eigenvalue weighted by atomic mass is 32.1. The fraction of sp³-hybridized carbons (Fsp3) is 0.667. The molecular weight excluding hydrogens is 176 g/mol. The summed E-state index contributed by atoms with van der Waals surface area (Å²) in [6.07, 6.45) is 0.921. The lowest BCUT2D eigenvalue weighted by Gasteiger charge is -2.13. The molecular formula is C6H12N4OS. The van der Waals surface area contributed by atoms with Gasteiger partial charge in [0.2, 0.25) is 5.95 Å². The zero-order chi connectivity index (χ0) is 8.97. The molecule has 1 rings (SSSR count). The van der Waals surface area contributed by atoms with Crippen molar-refractivity contribution in [3.8, 4) is 0 Å². The van der Waals surface area contributed by atoms with E-state index in [2.05, 4.69) is 10.1 Å². The van der Waals surface area contributed by atoms with Crippen molar-refractivity contribution in [2.75, 3.05) is 25.0 Å². The van der Waals surface area contributed by atoms with Crippen LogP contribution in [0.3, 0.4) is 0 Å². The summed E-state index contributed by atoms with van der Waals surface area (Å²) in [5.74, 6) is 0.647. The molecule has 0 fully saturated rings. The number of rotatable bonds is 4. The Morgan fingerprint density at radius 1 is 1.75 bits per heavy atom. The van der Waals surface area contributed by atoms with Crippen LogP contribution in [0.5, 0.6) is 0 Å². The van der Waals surface area contributed by atoms with E-state index in [9.17, 15) is 0 Å². The van der Waals surface area contributed by atoms with Gasteiger partial charge in [-0.2, -0.15) is 10.1 Å². The minimum absolute atomic E-state index is 0.226. The summed E-state index contributed by atoms with van der Waals surface area (Å²) in [5.41, 5.74) is 5.36. The summed E-state index contributed by atoms with van der Waals surface area (Å²) in [7, 11) is 1.90. The standard InChI is InChI=1S/C6H12N4OS/c1-10(4-2-3-7)5-8-6(12)11-9-5/h2-4,7H2,1H3,(H,8,9,12). The highest BCUT2D eigenvalue weighted by Crippen LogP contribution is 2.03. The number of nitrogens with zero attached hydrogens (tertiary/aromatic N) is 2. The summed E-state index contributed by atoms with van der Waals surface area (Å²) in [6, 6.07) is 0. The molecule has 0 spiro atoms. The smallest absolute Gasteiger partial charge is 0.315 e. The molecule has 6 heteroatoms. The lowest BCUT2D eigenvalue weighted by Crippen LogP contribution is -2.21. The van der Waals surface area contributed by atoms with Gasteiger partial charge in [0.15, 0.2) is 0 Å². The molecule has 0 atom stereocenters. The van der Waals surface area contributed by atoms with Gasteiger partial charge in [-0.05, 0) is 25.2 Å². The van der Waals surface area contributed by atoms with Crippen LogP contribution >= 0.6 is 12.2 Å². The summed E-state index contributed by atoms with van der Waals surface area (Å²) < 4.78 is 4.77. The van der Waals surface area contributed by atoms with Gasteiger partial charge in [0.25, 0.3) is 0 Å². The van der Waals surface area contributed by atoms with E-state index in [1.165, 1.54) is 0 Å². The van der Waals surface area contributed by atoms with Crippen LogP contribution in [0.1, 0.15) is 6.42 Å². The van der Waals surface area contributed by atoms with Crippen LogP contribution in [0.25, 0.3) is 0 Å². The molecule has 1 aromatic heterocycles. The van der Waals surface area contributed by atoms with Crippen LogP contribution in [0.15, 0.2) is 4.52 Å². The molecule has 12 heavy (non-hydrogen) atoms. The van der Waals surface area contributed by atoms with Crippen molar-refractivity contribution in [3.63, 3.8) is 0 Å². The number of H-pyrrole nitrogens is 1. The summed E-state index contributed by atoms with van der Waals surface area (Å²) in [5, 5.41) is 2.61. The van der Waals surface area contributed by atoms with Crippen molar-refractivity contribution >= 4 is 18.2 Å². The van der Waals surface area contributed by atoms with Gasteiger partial charge in [0.05, 0.1) is 0 Å². The van der Waals surface area contributed by atoms with Crippen molar-refractivity contribution < 1.29 is 4.52 Å². The lowest BCUT2D eigenvalue weighted by atomic mass is 10.4. The summed E-state index contributed by atoms with van der Waals surface area (Å²) >= 11 is 4.70. The Kier molecular flexibility index (Phi) is 3.24. The van der Waals surface area contributed by atoms with Crippen LogP contribution in [0.4, 0.5) is 5.95 Å². The highest BCUT2D eigenvalue weighted by molar-refractivity contribution is 7.71. The van der Waals surface area contributed by atoms with E-state index in [-0.39, 0.29) is 4.84 Å². The molecule has 0 aliphatic rings. The minimum atomic E-state index is 0.226. The number of nitrogens with one attached hydrogen (secondary N) is 1. The third-order valence-corrected chi connectivity index (χ3v) is 1.66. The molecule has 0 saturated carbocycles. The van der Waals surface area contributed by atoms with Gasteiger partial charge in [0.1, 0.15) is 0 Å². The van der Waals surface area contributed by atoms with Gasteiger partial charge >= 0.3 is 4.84 Å². The van der Waals surface area contributed by atoms with Crippen molar-refractivity contribution in [1.29, 1.82) is 0 Å². The maximum atomic E-state index is 5.36. The van der Waals surface area contributed by atoms with Gasteiger partial charge in [-0.15, -0.1) is 0 Å². The molecule has 0 aromatic carbocycles. The molecule has 0 aliphatic heterocycles. The maximum Gasteiger partial charge on any atom is 0.315 e. The van der Waals surface area contributed by atoms with Crippen LogP contribution in [-0.2, 0) is 0 Å². The second-order valence-electron chi connectivity index (χ2n) is 2.47. The van der Waals surface area contributed by atoms with Crippen LogP contribution in [-0.4, -0.2) is 30.3 Å². The van der Waals surface area contributed by atoms with Crippen molar-refractivity contribution in [1.82, 2.24) is 10.1 Å². The Labute approximate surface area is 75.5 Å². The Morgan fingerprint density at radius 2 is 2.50 bits per heavy atom. The van der Waals surface area contributed by atoms with Crippen molar-refractivity contribution in [2.45, 2.75) is 6.42 Å². The predicted molar refractivity (Wildman–Crippen MR) is 48.6 cm³/mol. The molecule has 0 amide bonds. The van der Waals surface area contributed by atoms with E-state index in [4.69, 9.17) is 22.5 Å². The van der Waals surface area contributed by atoms with E-state index >= 15 is 0 Å². The fourth-order valence-corrected chi connectivity index (χ4v) is 0.947. The first kappa shape index (κ1) is 9.21. The average Bonchev–Trinajstić information content (AvgIpc) is 2.47. The highest BCUT2D eigenvalue weighted by Gasteiger charge is 2.03. The largest absolute Gasteiger partial charge is 0.346 e. The molecule has 0 radical (unpaired) electrons. The first-order valence-corrected chi connectivity index (χ1v) is 4.11. The van der Waals surface area contributed by atoms with E-state index < -0.39 is 0 Å². The number of hydrogen-bond acceptors (Lipinski definition) is 5. The second kappa shape index (κ2) is 4.22. The SMILES string of the molecule is CN(CCCN)c1nc(=S)o[nH]1. The van der Waals surface area contributed by atoms with Crippen molar-refractivity contribution in [3.05, 3.63) is 4.84 Å². The lowest BCUT2D eigenvalue weighted by molar-refractivity contribution is 0.404. The number of nitrogens with two attached hydrogens (primary N) is 1.